The molecule has 1 aromatic heterocycles. The van der Waals surface area contributed by atoms with Crippen LogP contribution in [0, 0.1) is 0 Å². The van der Waals surface area contributed by atoms with Crippen molar-refractivity contribution in [3.8, 4) is 0 Å². The van der Waals surface area contributed by atoms with Gasteiger partial charge in [0, 0.05) is 18.1 Å². The number of aromatic amines is 1. The molecule has 0 amide bonds. The summed E-state index contributed by atoms with van der Waals surface area (Å²) in [6.07, 6.45) is 3.78. The summed E-state index contributed by atoms with van der Waals surface area (Å²) in [6, 6.07) is 5.84. The summed E-state index contributed by atoms with van der Waals surface area (Å²) in [7, 11) is 0. The molecule has 100 valence electrons. The fourth-order valence-electron chi connectivity index (χ4n) is 2.09. The second-order valence-corrected chi connectivity index (χ2v) is 4.93. The first-order chi connectivity index (χ1) is 9.15. The van der Waals surface area contributed by atoms with Crippen LogP contribution in [0.3, 0.4) is 0 Å². The zero-order valence-electron chi connectivity index (χ0n) is 11.1. The third-order valence-corrected chi connectivity index (χ3v) is 3.37. The standard InChI is InChI=1S/C15H18ClN3/c1-4-8-19(9-5-2)11(3)15-17-13-7-6-12(16)10-14(13)18-15/h4-7,10-11H,1-2,8-9H2,3H3,(H,17,18). The summed E-state index contributed by atoms with van der Waals surface area (Å²) in [5, 5.41) is 0.712. The maximum absolute atomic E-state index is 5.98. The van der Waals surface area contributed by atoms with Gasteiger partial charge in [-0.1, -0.05) is 23.8 Å². The smallest absolute Gasteiger partial charge is 0.124 e. The summed E-state index contributed by atoms with van der Waals surface area (Å²) in [5.41, 5.74) is 1.90. The van der Waals surface area contributed by atoms with Gasteiger partial charge in [0.25, 0.3) is 0 Å². The molecule has 1 atom stereocenters. The summed E-state index contributed by atoms with van der Waals surface area (Å²) in [5.74, 6) is 0.931. The van der Waals surface area contributed by atoms with Gasteiger partial charge in [0.15, 0.2) is 0 Å². The number of imidazole rings is 1. The van der Waals surface area contributed by atoms with Crippen LogP contribution >= 0.6 is 11.6 Å². The van der Waals surface area contributed by atoms with Gasteiger partial charge < -0.3 is 4.98 Å². The zero-order valence-corrected chi connectivity index (χ0v) is 11.8. The number of benzene rings is 1. The fourth-order valence-corrected chi connectivity index (χ4v) is 2.27. The lowest BCUT2D eigenvalue weighted by molar-refractivity contribution is 0.252. The van der Waals surface area contributed by atoms with Crippen LogP contribution in [-0.2, 0) is 0 Å². The van der Waals surface area contributed by atoms with Gasteiger partial charge in [-0.2, -0.15) is 0 Å². The first-order valence-corrected chi connectivity index (χ1v) is 6.64. The Morgan fingerprint density at radius 2 is 2.05 bits per heavy atom. The van der Waals surface area contributed by atoms with Gasteiger partial charge in [0.05, 0.1) is 17.1 Å². The molecule has 0 saturated heterocycles. The highest BCUT2D eigenvalue weighted by Crippen LogP contribution is 2.22. The number of H-pyrrole nitrogens is 1. The van der Waals surface area contributed by atoms with Crippen LogP contribution in [0.25, 0.3) is 11.0 Å². The van der Waals surface area contributed by atoms with Crippen molar-refractivity contribution in [1.82, 2.24) is 14.9 Å². The molecule has 0 aliphatic rings. The highest BCUT2D eigenvalue weighted by atomic mass is 35.5. The molecule has 1 unspecified atom stereocenters. The van der Waals surface area contributed by atoms with E-state index in [1.54, 1.807) is 0 Å². The molecule has 0 aliphatic carbocycles. The van der Waals surface area contributed by atoms with E-state index >= 15 is 0 Å². The normalized spacial score (nSPS) is 12.8. The molecule has 0 spiro atoms. The SMILES string of the molecule is C=CCN(CC=C)C(C)c1nc2ccc(Cl)cc2[nH]1. The monoisotopic (exact) mass is 275 g/mol. The van der Waals surface area contributed by atoms with Crippen LogP contribution in [0.15, 0.2) is 43.5 Å². The lowest BCUT2D eigenvalue weighted by atomic mass is 10.2. The average Bonchev–Trinajstić information content (AvgIpc) is 2.80. The van der Waals surface area contributed by atoms with Crippen molar-refractivity contribution in [1.29, 1.82) is 0 Å². The van der Waals surface area contributed by atoms with Crippen molar-refractivity contribution in [3.05, 3.63) is 54.4 Å². The van der Waals surface area contributed by atoms with Crippen molar-refractivity contribution in [2.24, 2.45) is 0 Å². The number of fused-ring (bicyclic) bond motifs is 1. The van der Waals surface area contributed by atoms with Gasteiger partial charge in [-0.15, -0.1) is 13.2 Å². The Hall–Kier alpha value is -1.58. The second-order valence-electron chi connectivity index (χ2n) is 4.49. The largest absolute Gasteiger partial charge is 0.341 e. The Kier molecular flexibility index (Phi) is 4.40. The number of nitrogens with zero attached hydrogens (tertiary/aromatic N) is 2. The van der Waals surface area contributed by atoms with E-state index in [1.807, 2.05) is 30.4 Å². The lowest BCUT2D eigenvalue weighted by Gasteiger charge is -2.24. The molecule has 2 rings (SSSR count). The van der Waals surface area contributed by atoms with Crippen LogP contribution in [0.5, 0.6) is 0 Å². The molecule has 19 heavy (non-hydrogen) atoms. The van der Waals surface area contributed by atoms with Crippen LogP contribution in [-0.4, -0.2) is 28.0 Å². The molecular formula is C15H18ClN3. The van der Waals surface area contributed by atoms with E-state index in [1.165, 1.54) is 0 Å². The van der Waals surface area contributed by atoms with Crippen molar-refractivity contribution in [2.45, 2.75) is 13.0 Å². The van der Waals surface area contributed by atoms with Gasteiger partial charge in [-0.05, 0) is 25.1 Å². The number of hydrogen-bond acceptors (Lipinski definition) is 2. The predicted molar refractivity (Wildman–Crippen MR) is 81.5 cm³/mol. The molecule has 0 bridgehead atoms. The Balaban J connectivity index is 2.31. The van der Waals surface area contributed by atoms with Crippen molar-refractivity contribution in [3.63, 3.8) is 0 Å². The number of aromatic nitrogens is 2. The quantitative estimate of drug-likeness (QED) is 0.810. The zero-order chi connectivity index (χ0) is 13.8. The highest BCUT2D eigenvalue weighted by molar-refractivity contribution is 6.31. The minimum atomic E-state index is 0.169. The summed E-state index contributed by atoms with van der Waals surface area (Å²) >= 11 is 5.98. The highest BCUT2D eigenvalue weighted by Gasteiger charge is 2.17. The second kappa shape index (κ2) is 6.04. The van der Waals surface area contributed by atoms with Gasteiger partial charge in [0.2, 0.25) is 0 Å². The molecule has 0 saturated carbocycles. The maximum Gasteiger partial charge on any atom is 0.124 e. The predicted octanol–water partition coefficient (Wildman–Crippen LogP) is 3.95. The van der Waals surface area contributed by atoms with E-state index < -0.39 is 0 Å². The number of halogens is 1. The molecule has 0 radical (unpaired) electrons. The molecule has 2 aromatic rings. The molecule has 0 aliphatic heterocycles. The first kappa shape index (κ1) is 13.8. The lowest BCUT2D eigenvalue weighted by Crippen LogP contribution is -2.28. The first-order valence-electron chi connectivity index (χ1n) is 6.26. The number of nitrogens with one attached hydrogen (secondary N) is 1. The van der Waals surface area contributed by atoms with E-state index in [0.717, 1.165) is 29.9 Å². The van der Waals surface area contributed by atoms with Crippen molar-refractivity contribution < 1.29 is 0 Å². The van der Waals surface area contributed by atoms with Crippen LogP contribution in [0.2, 0.25) is 5.02 Å². The third kappa shape index (κ3) is 3.06. The van der Waals surface area contributed by atoms with Crippen molar-refractivity contribution >= 4 is 22.6 Å². The van der Waals surface area contributed by atoms with Crippen LogP contribution < -0.4 is 0 Å². The molecule has 1 aromatic carbocycles. The van der Waals surface area contributed by atoms with E-state index in [-0.39, 0.29) is 6.04 Å². The van der Waals surface area contributed by atoms with Crippen LogP contribution in [0.4, 0.5) is 0 Å². The Morgan fingerprint density at radius 3 is 2.68 bits per heavy atom. The van der Waals surface area contributed by atoms with Crippen molar-refractivity contribution in [2.75, 3.05) is 13.1 Å². The molecule has 0 fully saturated rings. The average molecular weight is 276 g/mol. The van der Waals surface area contributed by atoms with E-state index in [2.05, 4.69) is 34.9 Å². The Labute approximate surface area is 118 Å². The van der Waals surface area contributed by atoms with E-state index in [4.69, 9.17) is 11.6 Å². The minimum Gasteiger partial charge on any atom is -0.341 e. The van der Waals surface area contributed by atoms with Crippen LogP contribution in [0.1, 0.15) is 18.8 Å². The minimum absolute atomic E-state index is 0.169. The van der Waals surface area contributed by atoms with E-state index in [0.29, 0.717) is 5.02 Å². The fraction of sp³-hybridized carbons (Fsp3) is 0.267. The summed E-state index contributed by atoms with van der Waals surface area (Å²) < 4.78 is 0. The third-order valence-electron chi connectivity index (χ3n) is 3.13. The number of hydrogen-bond donors (Lipinski definition) is 1. The number of rotatable bonds is 6. The molecule has 1 N–H and O–H groups in total. The van der Waals surface area contributed by atoms with Gasteiger partial charge in [-0.3, -0.25) is 4.90 Å². The topological polar surface area (TPSA) is 31.9 Å². The maximum atomic E-state index is 5.98. The van der Waals surface area contributed by atoms with Gasteiger partial charge in [0.1, 0.15) is 5.82 Å². The summed E-state index contributed by atoms with van der Waals surface area (Å²) in [4.78, 5) is 10.2. The molecule has 3 nitrogen and oxygen atoms in total. The molecular weight excluding hydrogens is 258 g/mol. The molecule has 1 heterocycles. The Morgan fingerprint density at radius 1 is 1.37 bits per heavy atom. The van der Waals surface area contributed by atoms with Gasteiger partial charge in [-0.25, -0.2) is 4.98 Å². The Bertz CT molecular complexity index is 578. The summed E-state index contributed by atoms with van der Waals surface area (Å²) in [6.45, 7) is 11.3. The van der Waals surface area contributed by atoms with Gasteiger partial charge >= 0.3 is 0 Å². The molecule has 4 heteroatoms. The van der Waals surface area contributed by atoms with E-state index in [9.17, 15) is 0 Å².